The zero-order valence-electron chi connectivity index (χ0n) is 12.5. The van der Waals surface area contributed by atoms with Gasteiger partial charge in [0.2, 0.25) is 0 Å². The molecule has 9 heteroatoms. The first-order valence-corrected chi connectivity index (χ1v) is 6.92. The van der Waals surface area contributed by atoms with E-state index < -0.39 is 28.3 Å². The van der Waals surface area contributed by atoms with E-state index in [2.05, 4.69) is 10.4 Å². The lowest BCUT2D eigenvalue weighted by atomic mass is 9.92. The summed E-state index contributed by atoms with van der Waals surface area (Å²) in [6.45, 7) is 1.58. The number of nitrogens with one attached hydrogen (secondary N) is 1. The van der Waals surface area contributed by atoms with Crippen molar-refractivity contribution in [2.75, 3.05) is 0 Å². The van der Waals surface area contributed by atoms with Crippen LogP contribution in [0.15, 0.2) is 52.0 Å². The first-order chi connectivity index (χ1) is 11.4. The molecule has 1 aromatic carbocycles. The van der Waals surface area contributed by atoms with Gasteiger partial charge in [-0.15, -0.1) is 5.01 Å². The van der Waals surface area contributed by atoms with Crippen molar-refractivity contribution in [1.29, 1.82) is 0 Å². The molecule has 0 saturated carbocycles. The molecule has 2 aromatic rings. The highest BCUT2D eigenvalue weighted by atomic mass is 16.6. The minimum absolute atomic E-state index is 0.0515. The van der Waals surface area contributed by atoms with Crippen molar-refractivity contribution in [3.05, 3.63) is 63.9 Å². The fraction of sp³-hybridized carbons (Fsp3) is 0.133. The van der Waals surface area contributed by atoms with Gasteiger partial charge in [-0.1, -0.05) is 30.3 Å². The third-order valence-electron chi connectivity index (χ3n) is 3.61. The molecule has 1 aliphatic heterocycles. The summed E-state index contributed by atoms with van der Waals surface area (Å²) in [5, 5.41) is 17.6. The van der Waals surface area contributed by atoms with Gasteiger partial charge in [0, 0.05) is 0 Å². The molecule has 1 atom stereocenters. The summed E-state index contributed by atoms with van der Waals surface area (Å²) in [7, 11) is 0. The molecule has 9 nitrogen and oxygen atoms in total. The Kier molecular flexibility index (Phi) is 3.60. The van der Waals surface area contributed by atoms with Crippen LogP contribution in [0.2, 0.25) is 0 Å². The second kappa shape index (κ2) is 5.61. The fourth-order valence-corrected chi connectivity index (χ4v) is 2.32. The molecule has 0 unspecified atom stereocenters. The van der Waals surface area contributed by atoms with Crippen LogP contribution in [0, 0.1) is 10.1 Å². The van der Waals surface area contributed by atoms with E-state index in [9.17, 15) is 19.7 Å². The largest absolute Gasteiger partial charge is 0.433 e. The summed E-state index contributed by atoms with van der Waals surface area (Å²) in [5.74, 6) is -0.964. The van der Waals surface area contributed by atoms with Gasteiger partial charge in [0.05, 0.1) is 12.3 Å². The van der Waals surface area contributed by atoms with Gasteiger partial charge in [-0.25, -0.2) is 4.79 Å². The number of furan rings is 1. The quantitative estimate of drug-likeness (QED) is 0.398. The van der Waals surface area contributed by atoms with Gasteiger partial charge in [0.25, 0.3) is 5.91 Å². The molecular formula is C15H12N4O5. The van der Waals surface area contributed by atoms with Gasteiger partial charge in [0.1, 0.15) is 10.5 Å². The maximum atomic E-state index is 12.6. The number of nitrogens with zero attached hydrogens (tertiary/aromatic N) is 3. The van der Waals surface area contributed by atoms with Crippen molar-refractivity contribution in [2.24, 2.45) is 5.10 Å². The van der Waals surface area contributed by atoms with Crippen LogP contribution in [0.25, 0.3) is 0 Å². The van der Waals surface area contributed by atoms with E-state index in [4.69, 9.17) is 4.42 Å². The molecular weight excluding hydrogens is 316 g/mol. The minimum atomic E-state index is -1.23. The number of rotatable bonds is 4. The Morgan fingerprint density at radius 2 is 1.96 bits per heavy atom. The molecule has 0 spiro atoms. The maximum Gasteiger partial charge on any atom is 0.433 e. The summed E-state index contributed by atoms with van der Waals surface area (Å²) in [6.07, 6.45) is 1.07. The molecule has 1 aromatic heterocycles. The molecule has 2 heterocycles. The molecule has 1 aliphatic rings. The Morgan fingerprint density at radius 3 is 2.58 bits per heavy atom. The van der Waals surface area contributed by atoms with Crippen molar-refractivity contribution >= 4 is 24.0 Å². The Bertz CT molecular complexity index is 845. The van der Waals surface area contributed by atoms with Crippen molar-refractivity contribution in [2.45, 2.75) is 12.5 Å². The first kappa shape index (κ1) is 15.4. The lowest BCUT2D eigenvalue weighted by Gasteiger charge is -2.20. The number of urea groups is 1. The van der Waals surface area contributed by atoms with Gasteiger partial charge in [-0.2, -0.15) is 5.10 Å². The van der Waals surface area contributed by atoms with Gasteiger partial charge in [-0.3, -0.25) is 14.9 Å². The van der Waals surface area contributed by atoms with Crippen LogP contribution in [0.5, 0.6) is 0 Å². The fourth-order valence-electron chi connectivity index (χ4n) is 2.32. The standard InChI is InChI=1S/C15H12N4O5/c1-15(10-5-3-2-4-6-10)13(20)18(14(21)17-15)16-9-11-7-8-12(24-11)19(22)23/h2-9H,1H3,(H,17,21)/b16-9-/t15-/m0/s1. The van der Waals surface area contributed by atoms with Crippen molar-refractivity contribution in [3.8, 4) is 0 Å². The van der Waals surface area contributed by atoms with E-state index in [1.807, 2.05) is 0 Å². The number of benzene rings is 1. The Morgan fingerprint density at radius 1 is 1.25 bits per heavy atom. The smallest absolute Gasteiger partial charge is 0.400 e. The third-order valence-corrected chi connectivity index (χ3v) is 3.61. The zero-order valence-corrected chi connectivity index (χ0v) is 12.5. The molecule has 3 rings (SSSR count). The number of carbonyl (C=O) groups excluding carboxylic acids is 2. The molecule has 24 heavy (non-hydrogen) atoms. The molecule has 122 valence electrons. The maximum absolute atomic E-state index is 12.6. The average Bonchev–Trinajstić information content (AvgIpc) is 3.12. The summed E-state index contributed by atoms with van der Waals surface area (Å²) in [6, 6.07) is 10.5. The predicted octanol–water partition coefficient (Wildman–Crippen LogP) is 1.99. The third kappa shape index (κ3) is 2.51. The predicted molar refractivity (Wildman–Crippen MR) is 82.1 cm³/mol. The summed E-state index contributed by atoms with van der Waals surface area (Å²) in [5.41, 5.74) is -0.611. The first-order valence-electron chi connectivity index (χ1n) is 6.92. The van der Waals surface area contributed by atoms with Crippen molar-refractivity contribution in [1.82, 2.24) is 10.3 Å². The van der Waals surface area contributed by atoms with Crippen molar-refractivity contribution < 1.29 is 18.9 Å². The van der Waals surface area contributed by atoms with Crippen molar-refractivity contribution in [3.63, 3.8) is 0 Å². The lowest BCUT2D eigenvalue weighted by molar-refractivity contribution is -0.402. The van der Waals surface area contributed by atoms with Crippen LogP contribution in [0.3, 0.4) is 0 Å². The van der Waals surface area contributed by atoms with Crippen LogP contribution in [-0.2, 0) is 10.3 Å². The summed E-state index contributed by atoms with van der Waals surface area (Å²) < 4.78 is 4.89. The Balaban J connectivity index is 1.84. The number of hydrazone groups is 1. The van der Waals surface area contributed by atoms with E-state index in [0.29, 0.717) is 10.6 Å². The zero-order chi connectivity index (χ0) is 17.3. The Labute approximate surface area is 135 Å². The molecule has 1 fully saturated rings. The molecule has 1 N–H and O–H groups in total. The van der Waals surface area contributed by atoms with Gasteiger partial charge >= 0.3 is 11.9 Å². The number of amides is 3. The number of hydrogen-bond acceptors (Lipinski definition) is 6. The lowest BCUT2D eigenvalue weighted by Crippen LogP contribution is -2.40. The van der Waals surface area contributed by atoms with Gasteiger partial charge < -0.3 is 9.73 Å². The number of hydrogen-bond donors (Lipinski definition) is 1. The van der Waals surface area contributed by atoms with Crippen LogP contribution in [0.1, 0.15) is 18.2 Å². The molecule has 1 saturated heterocycles. The SMILES string of the molecule is C[C@@]1(c2ccccc2)NC(=O)N(/N=C\c2ccc([N+](=O)[O-])o2)C1=O. The van der Waals surface area contributed by atoms with E-state index >= 15 is 0 Å². The average molecular weight is 328 g/mol. The summed E-state index contributed by atoms with van der Waals surface area (Å²) >= 11 is 0. The topological polar surface area (TPSA) is 118 Å². The molecule has 3 amide bonds. The normalized spacial score (nSPS) is 20.6. The van der Waals surface area contributed by atoms with Gasteiger partial charge in [-0.05, 0) is 18.6 Å². The van der Waals surface area contributed by atoms with Gasteiger partial charge in [0.15, 0.2) is 5.76 Å². The van der Waals surface area contributed by atoms with Crippen LogP contribution >= 0.6 is 0 Å². The highest BCUT2D eigenvalue weighted by Gasteiger charge is 2.49. The van der Waals surface area contributed by atoms with E-state index in [1.54, 1.807) is 37.3 Å². The number of imide groups is 1. The van der Waals surface area contributed by atoms with Crippen LogP contribution < -0.4 is 5.32 Å². The number of nitro groups is 1. The highest BCUT2D eigenvalue weighted by Crippen LogP contribution is 2.28. The monoisotopic (exact) mass is 328 g/mol. The minimum Gasteiger partial charge on any atom is -0.400 e. The van der Waals surface area contributed by atoms with E-state index in [0.717, 1.165) is 12.3 Å². The van der Waals surface area contributed by atoms with E-state index in [-0.39, 0.29) is 5.76 Å². The number of carbonyl (C=O) groups is 2. The van der Waals surface area contributed by atoms with E-state index in [1.165, 1.54) is 6.07 Å². The molecule has 0 aliphatic carbocycles. The molecule has 0 radical (unpaired) electrons. The Hall–Kier alpha value is -3.49. The molecule has 0 bridgehead atoms. The second-order valence-corrected chi connectivity index (χ2v) is 5.22. The summed E-state index contributed by atoms with van der Waals surface area (Å²) in [4.78, 5) is 34.5. The highest BCUT2D eigenvalue weighted by molar-refractivity contribution is 6.07. The van der Waals surface area contributed by atoms with Crippen LogP contribution in [0.4, 0.5) is 10.7 Å². The van der Waals surface area contributed by atoms with Crippen LogP contribution in [-0.4, -0.2) is 28.1 Å². The second-order valence-electron chi connectivity index (χ2n) is 5.22.